The minimum atomic E-state index is 0.490. The fourth-order valence-electron chi connectivity index (χ4n) is 4.21. The first-order valence-corrected chi connectivity index (χ1v) is 10.6. The molecule has 0 amide bonds. The Labute approximate surface area is 158 Å². The van der Waals surface area contributed by atoms with E-state index >= 15 is 0 Å². The van der Waals surface area contributed by atoms with Crippen LogP contribution in [0.3, 0.4) is 0 Å². The van der Waals surface area contributed by atoms with Crippen LogP contribution in [-0.4, -0.2) is 45.7 Å². The quantitative estimate of drug-likeness (QED) is 0.703. The Bertz CT molecular complexity index is 858. The fraction of sp³-hybridized carbons (Fsp3) is 0.500. The normalized spacial score (nSPS) is 19.6. The number of pyridine rings is 1. The van der Waals surface area contributed by atoms with Crippen molar-refractivity contribution >= 4 is 22.7 Å². The maximum Gasteiger partial charge on any atom is 0.155 e. The highest BCUT2D eigenvalue weighted by Crippen LogP contribution is 2.28. The summed E-state index contributed by atoms with van der Waals surface area (Å²) in [5, 5.41) is 9.25. The van der Waals surface area contributed by atoms with Crippen LogP contribution in [0.4, 0.5) is 5.69 Å². The van der Waals surface area contributed by atoms with E-state index in [4.69, 9.17) is 10.1 Å². The number of anilines is 1. The van der Waals surface area contributed by atoms with Crippen LogP contribution in [0.25, 0.3) is 5.65 Å². The second-order valence-electron chi connectivity index (χ2n) is 7.54. The Morgan fingerprint density at radius 2 is 1.88 bits per heavy atom. The molecule has 5 nitrogen and oxygen atoms in total. The number of piperidine rings is 1. The summed E-state index contributed by atoms with van der Waals surface area (Å²) in [5.74, 6) is 1.52. The van der Waals surface area contributed by atoms with Crippen LogP contribution >= 0.6 is 11.3 Å². The number of rotatable bonds is 4. The molecule has 2 aliphatic rings. The van der Waals surface area contributed by atoms with E-state index in [-0.39, 0.29) is 0 Å². The van der Waals surface area contributed by atoms with Crippen LogP contribution in [0.5, 0.6) is 0 Å². The van der Waals surface area contributed by atoms with Crippen molar-refractivity contribution in [1.82, 2.24) is 19.5 Å². The van der Waals surface area contributed by atoms with Gasteiger partial charge in [0.05, 0.1) is 11.9 Å². The van der Waals surface area contributed by atoms with Crippen molar-refractivity contribution in [1.29, 1.82) is 0 Å². The Kier molecular flexibility index (Phi) is 4.38. The zero-order valence-corrected chi connectivity index (χ0v) is 15.9. The van der Waals surface area contributed by atoms with E-state index in [2.05, 4.69) is 45.0 Å². The summed E-state index contributed by atoms with van der Waals surface area (Å²) in [6.07, 6.45) is 7.05. The zero-order valence-electron chi connectivity index (χ0n) is 15.0. The van der Waals surface area contributed by atoms with Gasteiger partial charge in [0, 0.05) is 25.6 Å². The third-order valence-electron chi connectivity index (χ3n) is 5.74. The fourth-order valence-corrected chi connectivity index (χ4v) is 4.87. The minimum absolute atomic E-state index is 0.490. The molecule has 0 radical (unpaired) electrons. The van der Waals surface area contributed by atoms with E-state index < -0.39 is 0 Å². The van der Waals surface area contributed by atoms with Gasteiger partial charge in [0.2, 0.25) is 0 Å². The second kappa shape index (κ2) is 7.00. The maximum absolute atomic E-state index is 4.83. The number of hydrogen-bond donors (Lipinski definition) is 0. The lowest BCUT2D eigenvalue weighted by Gasteiger charge is -2.30. The molecule has 0 spiro atoms. The third-order valence-corrected chi connectivity index (χ3v) is 6.47. The van der Waals surface area contributed by atoms with E-state index in [1.807, 2.05) is 4.52 Å². The molecule has 2 aliphatic heterocycles. The summed E-state index contributed by atoms with van der Waals surface area (Å²) in [6.45, 7) is 5.67. The molecule has 6 heteroatoms. The van der Waals surface area contributed by atoms with Gasteiger partial charge in [-0.1, -0.05) is 0 Å². The summed E-state index contributed by atoms with van der Waals surface area (Å²) < 4.78 is 1.99. The van der Waals surface area contributed by atoms with Crippen LogP contribution in [0.2, 0.25) is 0 Å². The van der Waals surface area contributed by atoms with Crippen molar-refractivity contribution in [2.45, 2.75) is 38.1 Å². The van der Waals surface area contributed by atoms with Crippen LogP contribution in [0, 0.1) is 0 Å². The number of likely N-dealkylation sites (tertiary alicyclic amines) is 1. The summed E-state index contributed by atoms with van der Waals surface area (Å²) in [6, 6.07) is 6.55. The molecule has 2 saturated heterocycles. The van der Waals surface area contributed by atoms with Crippen molar-refractivity contribution in [3.8, 4) is 0 Å². The van der Waals surface area contributed by atoms with Crippen LogP contribution in [0.1, 0.15) is 43.0 Å². The molecule has 0 bridgehead atoms. The van der Waals surface area contributed by atoms with Gasteiger partial charge in [0.15, 0.2) is 11.5 Å². The van der Waals surface area contributed by atoms with Gasteiger partial charge in [0.1, 0.15) is 0 Å². The van der Waals surface area contributed by atoms with Crippen molar-refractivity contribution < 1.29 is 0 Å². The number of nitrogens with zero attached hydrogens (tertiary/aromatic N) is 5. The van der Waals surface area contributed by atoms with E-state index in [9.17, 15) is 0 Å². The molecule has 3 aromatic rings. The number of fused-ring (bicyclic) bond motifs is 1. The van der Waals surface area contributed by atoms with Crippen molar-refractivity contribution in [3.05, 3.63) is 46.5 Å². The lowest BCUT2D eigenvalue weighted by atomic mass is 9.96. The number of hydrogen-bond acceptors (Lipinski definition) is 5. The Hall–Kier alpha value is -1.92. The summed E-state index contributed by atoms with van der Waals surface area (Å²) >= 11 is 1.79. The average molecular weight is 368 g/mol. The highest BCUT2D eigenvalue weighted by molar-refractivity contribution is 7.07. The van der Waals surface area contributed by atoms with Gasteiger partial charge in [-0.25, -0.2) is 9.50 Å². The highest BCUT2D eigenvalue weighted by atomic mass is 32.1. The molecule has 0 atom stereocenters. The van der Waals surface area contributed by atoms with E-state index in [0.29, 0.717) is 5.92 Å². The molecule has 0 aliphatic carbocycles. The van der Waals surface area contributed by atoms with Gasteiger partial charge in [-0.05, 0) is 73.3 Å². The van der Waals surface area contributed by atoms with Crippen molar-refractivity contribution in [2.24, 2.45) is 0 Å². The standard InChI is InChI=1S/C20H25N5S/c1-2-9-24(8-1)18-3-4-19-21-20(22-25(19)14-18)17-5-10-23(11-6-17)13-16-7-12-26-15-16/h3-4,7,12,14-15,17H,1-2,5-6,8-11,13H2. The smallest absolute Gasteiger partial charge is 0.155 e. The van der Waals surface area contributed by atoms with Gasteiger partial charge in [-0.2, -0.15) is 16.4 Å². The zero-order chi connectivity index (χ0) is 17.3. The highest BCUT2D eigenvalue weighted by Gasteiger charge is 2.24. The second-order valence-corrected chi connectivity index (χ2v) is 8.32. The van der Waals surface area contributed by atoms with Gasteiger partial charge in [0.25, 0.3) is 0 Å². The number of thiophene rings is 1. The SMILES string of the molecule is c1cc(CN2CCC(c3nc4ccc(N5CCCC5)cn4n3)CC2)cs1. The molecule has 0 N–H and O–H groups in total. The summed E-state index contributed by atoms with van der Waals surface area (Å²) in [5.41, 5.74) is 3.69. The largest absolute Gasteiger partial charge is 0.370 e. The average Bonchev–Trinajstić information content (AvgIpc) is 3.43. The molecule has 2 fully saturated rings. The molecule has 0 aromatic carbocycles. The van der Waals surface area contributed by atoms with Gasteiger partial charge >= 0.3 is 0 Å². The Balaban J connectivity index is 1.27. The first-order chi connectivity index (χ1) is 12.8. The predicted octanol–water partition coefficient (Wildman–Crippen LogP) is 3.77. The molecule has 3 aromatic heterocycles. The van der Waals surface area contributed by atoms with Crippen molar-refractivity contribution in [2.75, 3.05) is 31.1 Å². The molecule has 5 heterocycles. The molecule has 26 heavy (non-hydrogen) atoms. The van der Waals surface area contributed by atoms with E-state index in [0.717, 1.165) is 57.0 Å². The first-order valence-electron chi connectivity index (χ1n) is 9.70. The Morgan fingerprint density at radius 1 is 1.04 bits per heavy atom. The molecular formula is C20H25N5S. The van der Waals surface area contributed by atoms with Crippen LogP contribution in [-0.2, 0) is 6.54 Å². The lowest BCUT2D eigenvalue weighted by Crippen LogP contribution is -2.32. The Morgan fingerprint density at radius 3 is 2.65 bits per heavy atom. The summed E-state index contributed by atoms with van der Waals surface area (Å²) in [7, 11) is 0. The molecule has 0 saturated carbocycles. The first kappa shape index (κ1) is 16.3. The number of aromatic nitrogens is 3. The predicted molar refractivity (Wildman–Crippen MR) is 106 cm³/mol. The van der Waals surface area contributed by atoms with Crippen LogP contribution in [0.15, 0.2) is 35.2 Å². The maximum atomic E-state index is 4.83. The molecule has 0 unspecified atom stereocenters. The lowest BCUT2D eigenvalue weighted by molar-refractivity contribution is 0.202. The molecular weight excluding hydrogens is 342 g/mol. The van der Waals surface area contributed by atoms with Crippen molar-refractivity contribution in [3.63, 3.8) is 0 Å². The summed E-state index contributed by atoms with van der Waals surface area (Å²) in [4.78, 5) is 9.82. The van der Waals surface area contributed by atoms with E-state index in [1.165, 1.54) is 24.1 Å². The van der Waals surface area contributed by atoms with Gasteiger partial charge in [-0.15, -0.1) is 0 Å². The van der Waals surface area contributed by atoms with Gasteiger partial charge in [-0.3, -0.25) is 4.90 Å². The molecule has 136 valence electrons. The van der Waals surface area contributed by atoms with E-state index in [1.54, 1.807) is 11.3 Å². The monoisotopic (exact) mass is 367 g/mol. The topological polar surface area (TPSA) is 36.7 Å². The minimum Gasteiger partial charge on any atom is -0.370 e. The van der Waals surface area contributed by atoms with Crippen LogP contribution < -0.4 is 4.90 Å². The third kappa shape index (κ3) is 3.23. The molecule has 5 rings (SSSR count). The van der Waals surface area contributed by atoms with Gasteiger partial charge < -0.3 is 4.90 Å².